The number of hydrogen-bond acceptors (Lipinski definition) is 4. The summed E-state index contributed by atoms with van der Waals surface area (Å²) in [6.07, 6.45) is -4.64. The van der Waals surface area contributed by atoms with Crippen molar-refractivity contribution >= 4 is 57.7 Å². The van der Waals surface area contributed by atoms with Crippen LogP contribution in [0, 0.1) is 0 Å². The number of halogens is 5. The lowest BCUT2D eigenvalue weighted by Crippen LogP contribution is -2.18. The van der Waals surface area contributed by atoms with Crippen molar-refractivity contribution in [2.45, 2.75) is 11.4 Å². The number of aromatic nitrogens is 1. The predicted octanol–water partition coefficient (Wildman–Crippen LogP) is 5.88. The molecule has 0 aliphatic heterocycles. The highest BCUT2D eigenvalue weighted by Crippen LogP contribution is 2.38. The quantitative estimate of drug-likeness (QED) is 0.535. The van der Waals surface area contributed by atoms with Crippen LogP contribution < -0.4 is 5.32 Å². The second kappa shape index (κ2) is 7.38. The molecule has 1 N–H and O–H groups in total. The molecule has 3 rings (SSSR count). The largest absolute Gasteiger partial charge is 0.431 e. The molecule has 0 aliphatic rings. The van der Waals surface area contributed by atoms with Gasteiger partial charge in [-0.15, -0.1) is 0 Å². The molecule has 0 saturated carbocycles. The minimum absolute atomic E-state index is 0.199. The van der Waals surface area contributed by atoms with Crippen LogP contribution >= 0.6 is 35.0 Å². The summed E-state index contributed by atoms with van der Waals surface area (Å²) < 4.78 is 44.5. The van der Waals surface area contributed by atoms with E-state index in [4.69, 9.17) is 27.6 Å². The lowest BCUT2D eigenvalue weighted by atomic mass is 10.1. The fourth-order valence-corrected chi connectivity index (χ4v) is 3.16. The molecule has 0 unspecified atom stereocenters. The van der Waals surface area contributed by atoms with E-state index in [1.807, 2.05) is 0 Å². The Morgan fingerprint density at radius 1 is 1.23 bits per heavy atom. The number of anilines is 1. The molecule has 0 fully saturated rings. The summed E-state index contributed by atoms with van der Waals surface area (Å²) in [5.74, 6) is -0.878. The fraction of sp³-hybridized carbons (Fsp3) is 0.125. The van der Waals surface area contributed by atoms with Gasteiger partial charge >= 0.3 is 6.18 Å². The molecule has 1 amide bonds. The third kappa shape index (κ3) is 4.25. The van der Waals surface area contributed by atoms with Crippen molar-refractivity contribution in [3.05, 3.63) is 52.0 Å². The second-order valence-corrected chi connectivity index (χ2v) is 6.86. The van der Waals surface area contributed by atoms with Gasteiger partial charge in [-0.2, -0.15) is 13.2 Å². The number of para-hydroxylation sites is 1. The van der Waals surface area contributed by atoms with Gasteiger partial charge < -0.3 is 9.73 Å². The summed E-state index contributed by atoms with van der Waals surface area (Å²) in [5, 5.41) is 2.68. The van der Waals surface area contributed by atoms with Gasteiger partial charge in [0.15, 0.2) is 5.58 Å². The van der Waals surface area contributed by atoms with Crippen molar-refractivity contribution in [3.8, 4) is 0 Å². The van der Waals surface area contributed by atoms with Crippen LogP contribution in [0.15, 0.2) is 46.0 Å². The van der Waals surface area contributed by atoms with Crippen molar-refractivity contribution in [1.29, 1.82) is 0 Å². The number of carbonyl (C=O) groups is 1. The maximum Gasteiger partial charge on any atom is 0.418 e. The maximum absolute atomic E-state index is 13.0. The Balaban J connectivity index is 1.71. The summed E-state index contributed by atoms with van der Waals surface area (Å²) >= 11 is 12.6. The number of benzene rings is 2. The first kappa shape index (κ1) is 18.9. The van der Waals surface area contributed by atoms with E-state index in [0.29, 0.717) is 16.1 Å². The summed E-state index contributed by atoms with van der Waals surface area (Å²) in [7, 11) is 0. The van der Waals surface area contributed by atoms with Crippen LogP contribution in [0.3, 0.4) is 0 Å². The zero-order valence-corrected chi connectivity index (χ0v) is 15.1. The summed E-state index contributed by atoms with van der Waals surface area (Å²) in [5.41, 5.74) is -0.481. The molecule has 2 aromatic carbocycles. The molecule has 0 saturated heterocycles. The highest BCUT2D eigenvalue weighted by Gasteiger charge is 2.34. The van der Waals surface area contributed by atoms with Crippen LogP contribution in [0.5, 0.6) is 0 Å². The third-order valence-electron chi connectivity index (χ3n) is 3.24. The Bertz CT molecular complexity index is 976. The van der Waals surface area contributed by atoms with Crippen LogP contribution in [0.1, 0.15) is 5.56 Å². The number of oxazole rings is 1. The first-order valence-corrected chi connectivity index (χ1v) is 8.82. The van der Waals surface area contributed by atoms with Gasteiger partial charge in [-0.1, -0.05) is 41.0 Å². The average Bonchev–Trinajstić information content (AvgIpc) is 2.95. The van der Waals surface area contributed by atoms with E-state index in [1.165, 1.54) is 12.1 Å². The van der Waals surface area contributed by atoms with Crippen molar-refractivity contribution < 1.29 is 22.4 Å². The lowest BCUT2D eigenvalue weighted by Gasteiger charge is -2.14. The molecule has 0 aliphatic carbocycles. The Hall–Kier alpha value is -1.90. The molecule has 0 atom stereocenters. The van der Waals surface area contributed by atoms with Crippen LogP contribution in [-0.2, 0) is 11.0 Å². The Labute approximate surface area is 159 Å². The minimum Gasteiger partial charge on any atom is -0.431 e. The number of alkyl halides is 3. The van der Waals surface area contributed by atoms with Gasteiger partial charge in [0.25, 0.3) is 5.22 Å². The van der Waals surface area contributed by atoms with E-state index in [9.17, 15) is 18.0 Å². The summed E-state index contributed by atoms with van der Waals surface area (Å²) in [6, 6.07) is 8.15. The number of nitrogens with one attached hydrogen (secondary N) is 1. The van der Waals surface area contributed by atoms with E-state index in [-0.39, 0.29) is 16.0 Å². The molecule has 10 heteroatoms. The summed E-state index contributed by atoms with van der Waals surface area (Å²) in [4.78, 5) is 16.2. The Morgan fingerprint density at radius 3 is 2.73 bits per heavy atom. The molecular weight excluding hydrogens is 412 g/mol. The first-order chi connectivity index (χ1) is 12.2. The van der Waals surface area contributed by atoms with Crippen molar-refractivity contribution in [1.82, 2.24) is 4.98 Å². The Kier molecular flexibility index (Phi) is 5.36. The minimum atomic E-state index is -4.64. The van der Waals surface area contributed by atoms with Crippen molar-refractivity contribution in [3.63, 3.8) is 0 Å². The van der Waals surface area contributed by atoms with Gasteiger partial charge in [0.1, 0.15) is 5.52 Å². The molecule has 4 nitrogen and oxygen atoms in total. The van der Waals surface area contributed by atoms with E-state index >= 15 is 0 Å². The van der Waals surface area contributed by atoms with E-state index in [2.05, 4.69) is 10.3 Å². The number of carbonyl (C=O) groups excluding carboxylic acids is 1. The van der Waals surface area contributed by atoms with E-state index in [0.717, 1.165) is 17.8 Å². The monoisotopic (exact) mass is 420 g/mol. The van der Waals surface area contributed by atoms with Gasteiger partial charge in [-0.25, -0.2) is 4.98 Å². The average molecular weight is 421 g/mol. The zero-order chi connectivity index (χ0) is 18.9. The molecule has 0 spiro atoms. The molecule has 3 aromatic rings. The molecule has 136 valence electrons. The molecule has 1 heterocycles. The van der Waals surface area contributed by atoms with Crippen LogP contribution in [0.4, 0.5) is 18.9 Å². The normalized spacial score (nSPS) is 11.7. The van der Waals surface area contributed by atoms with E-state index < -0.39 is 23.3 Å². The number of hydrogen-bond donors (Lipinski definition) is 1. The summed E-state index contributed by atoms with van der Waals surface area (Å²) in [6.45, 7) is 0. The third-order valence-corrected chi connectivity index (χ3v) is 4.62. The number of fused-ring (bicyclic) bond motifs is 1. The molecule has 0 bridgehead atoms. The van der Waals surface area contributed by atoms with Crippen molar-refractivity contribution in [2.24, 2.45) is 0 Å². The standard InChI is InChI=1S/C16H9Cl2F3N2O2S/c17-8-4-5-12-11(6-8)22-15(25-12)26-7-13(24)23-14-9(16(19,20)21)2-1-3-10(14)18/h1-6H,7H2,(H,23,24). The molecule has 26 heavy (non-hydrogen) atoms. The van der Waals surface area contributed by atoms with Crippen LogP contribution in [0.25, 0.3) is 11.1 Å². The highest BCUT2D eigenvalue weighted by atomic mass is 35.5. The second-order valence-electron chi connectivity index (χ2n) is 5.09. The van der Waals surface area contributed by atoms with E-state index in [1.54, 1.807) is 18.2 Å². The van der Waals surface area contributed by atoms with Gasteiger partial charge in [-0.05, 0) is 30.3 Å². The number of thioether (sulfide) groups is 1. The zero-order valence-electron chi connectivity index (χ0n) is 12.7. The number of nitrogens with zero attached hydrogens (tertiary/aromatic N) is 1. The predicted molar refractivity (Wildman–Crippen MR) is 94.8 cm³/mol. The maximum atomic E-state index is 13.0. The smallest absolute Gasteiger partial charge is 0.418 e. The molecular formula is C16H9Cl2F3N2O2S. The molecule has 0 radical (unpaired) electrons. The number of rotatable bonds is 4. The van der Waals surface area contributed by atoms with Crippen LogP contribution in [-0.4, -0.2) is 16.6 Å². The van der Waals surface area contributed by atoms with Crippen LogP contribution in [0.2, 0.25) is 10.0 Å². The van der Waals surface area contributed by atoms with Gasteiger partial charge in [-0.3, -0.25) is 4.79 Å². The van der Waals surface area contributed by atoms with Gasteiger partial charge in [0.2, 0.25) is 5.91 Å². The Morgan fingerprint density at radius 2 is 2.00 bits per heavy atom. The van der Waals surface area contributed by atoms with Gasteiger partial charge in [0.05, 0.1) is 22.0 Å². The first-order valence-electron chi connectivity index (χ1n) is 7.08. The molecule has 1 aromatic heterocycles. The van der Waals surface area contributed by atoms with Crippen molar-refractivity contribution in [2.75, 3.05) is 11.1 Å². The lowest BCUT2D eigenvalue weighted by molar-refractivity contribution is -0.137. The highest BCUT2D eigenvalue weighted by molar-refractivity contribution is 7.99. The topological polar surface area (TPSA) is 55.1 Å². The van der Waals surface area contributed by atoms with Gasteiger partial charge in [0, 0.05) is 5.02 Å². The SMILES string of the molecule is O=C(CSc1nc2cc(Cl)ccc2o1)Nc1c(Cl)cccc1C(F)(F)F. The number of amides is 1. The fourth-order valence-electron chi connectivity index (χ4n) is 2.13.